The van der Waals surface area contributed by atoms with Crippen LogP contribution in [0.4, 0.5) is 0 Å². The van der Waals surface area contributed by atoms with E-state index in [1.54, 1.807) is 28.9 Å². The lowest BCUT2D eigenvalue weighted by molar-refractivity contribution is 0.204. The molecule has 114 valence electrons. The molecular weight excluding hydrogens is 278 g/mol. The zero-order valence-corrected chi connectivity index (χ0v) is 12.5. The lowest BCUT2D eigenvalue weighted by Crippen LogP contribution is -2.01. The summed E-state index contributed by atoms with van der Waals surface area (Å²) in [7, 11) is 0. The molecule has 0 spiro atoms. The van der Waals surface area contributed by atoms with Crippen LogP contribution in [0, 0.1) is 5.92 Å². The van der Waals surface area contributed by atoms with E-state index in [0.717, 1.165) is 30.0 Å². The number of phenolic OH excluding ortho intramolecular Hbond substituents is 1. The number of rotatable bonds is 5. The lowest BCUT2D eigenvalue weighted by atomic mass is 9.98. The van der Waals surface area contributed by atoms with Gasteiger partial charge in [0.05, 0.1) is 11.9 Å². The van der Waals surface area contributed by atoms with Gasteiger partial charge >= 0.3 is 0 Å². The fourth-order valence-corrected chi connectivity index (χ4v) is 2.31. The molecule has 0 aliphatic heterocycles. The highest BCUT2D eigenvalue weighted by Gasteiger charge is 2.08. The molecule has 1 atom stereocenters. The van der Waals surface area contributed by atoms with Crippen molar-refractivity contribution in [3.05, 3.63) is 60.1 Å². The third-order valence-electron chi connectivity index (χ3n) is 3.72. The Hall–Kier alpha value is -2.56. The molecule has 5 heteroatoms. The van der Waals surface area contributed by atoms with E-state index in [0.29, 0.717) is 12.5 Å². The van der Waals surface area contributed by atoms with Gasteiger partial charge in [-0.05, 0) is 55.2 Å². The van der Waals surface area contributed by atoms with Gasteiger partial charge in [-0.1, -0.05) is 18.2 Å². The molecule has 0 saturated heterocycles. The van der Waals surface area contributed by atoms with Crippen molar-refractivity contribution in [1.29, 1.82) is 0 Å². The highest BCUT2D eigenvalue weighted by molar-refractivity contribution is 5.35. The lowest BCUT2D eigenvalue weighted by Gasteiger charge is -2.14. The van der Waals surface area contributed by atoms with Crippen molar-refractivity contribution >= 4 is 0 Å². The minimum atomic E-state index is 0.230. The Morgan fingerprint density at radius 3 is 2.82 bits per heavy atom. The van der Waals surface area contributed by atoms with Crippen LogP contribution in [0.2, 0.25) is 0 Å². The van der Waals surface area contributed by atoms with Crippen LogP contribution in [0.25, 0.3) is 5.69 Å². The fourth-order valence-electron chi connectivity index (χ4n) is 2.31. The number of nitrogens with zero attached hydrogens (tertiary/aromatic N) is 3. The van der Waals surface area contributed by atoms with Crippen LogP contribution in [0.5, 0.6) is 5.75 Å². The fraction of sp³-hybridized carbons (Fsp3) is 0.294. The summed E-state index contributed by atoms with van der Waals surface area (Å²) in [6.07, 6.45) is 10.4. The molecule has 1 N–H and O–H groups in total. The van der Waals surface area contributed by atoms with Crippen molar-refractivity contribution in [1.82, 2.24) is 15.0 Å². The Morgan fingerprint density at radius 2 is 2.14 bits per heavy atom. The highest BCUT2D eigenvalue weighted by Crippen LogP contribution is 2.20. The van der Waals surface area contributed by atoms with Gasteiger partial charge in [0.25, 0.3) is 0 Å². The van der Waals surface area contributed by atoms with Gasteiger partial charge in [-0.25, -0.2) is 4.68 Å². The molecule has 0 radical (unpaired) electrons. The normalized spacial score (nSPS) is 17.3. The molecule has 0 fully saturated rings. The van der Waals surface area contributed by atoms with Crippen LogP contribution in [0.1, 0.15) is 25.5 Å². The Bertz CT molecular complexity index is 686. The molecule has 0 bridgehead atoms. The van der Waals surface area contributed by atoms with Gasteiger partial charge in [0.2, 0.25) is 0 Å². The average Bonchev–Trinajstić information content (AvgIpc) is 3.03. The SMILES string of the molecule is CCC1C=CC(OCc2cn(-c3ccc(O)cc3)nn2)=CC1. The summed E-state index contributed by atoms with van der Waals surface area (Å²) in [5, 5.41) is 17.5. The molecule has 1 aliphatic rings. The summed E-state index contributed by atoms with van der Waals surface area (Å²) in [6.45, 7) is 2.58. The van der Waals surface area contributed by atoms with Crippen LogP contribution in [-0.2, 0) is 11.3 Å². The van der Waals surface area contributed by atoms with Gasteiger partial charge < -0.3 is 9.84 Å². The largest absolute Gasteiger partial charge is 0.508 e. The molecule has 5 nitrogen and oxygen atoms in total. The molecular formula is C17H19N3O2. The van der Waals surface area contributed by atoms with Gasteiger partial charge in [-0.15, -0.1) is 5.10 Å². The molecule has 0 saturated carbocycles. The maximum atomic E-state index is 9.30. The molecule has 1 heterocycles. The number of phenols is 1. The highest BCUT2D eigenvalue weighted by atomic mass is 16.5. The third-order valence-corrected chi connectivity index (χ3v) is 3.72. The Balaban J connectivity index is 1.60. The van der Waals surface area contributed by atoms with Crippen LogP contribution in [0.3, 0.4) is 0 Å². The third kappa shape index (κ3) is 3.36. The van der Waals surface area contributed by atoms with Crippen LogP contribution < -0.4 is 0 Å². The zero-order chi connectivity index (χ0) is 15.4. The van der Waals surface area contributed by atoms with Gasteiger partial charge in [0.15, 0.2) is 0 Å². The molecule has 3 rings (SSSR count). The number of aromatic hydroxyl groups is 1. The van der Waals surface area contributed by atoms with E-state index in [1.807, 2.05) is 12.3 Å². The van der Waals surface area contributed by atoms with Crippen molar-refractivity contribution in [3.8, 4) is 11.4 Å². The predicted octanol–water partition coefficient (Wildman–Crippen LogP) is 3.36. The monoisotopic (exact) mass is 297 g/mol. The van der Waals surface area contributed by atoms with E-state index < -0.39 is 0 Å². The summed E-state index contributed by atoms with van der Waals surface area (Å²) in [4.78, 5) is 0. The summed E-state index contributed by atoms with van der Waals surface area (Å²) < 4.78 is 7.41. The summed E-state index contributed by atoms with van der Waals surface area (Å²) >= 11 is 0. The van der Waals surface area contributed by atoms with E-state index in [-0.39, 0.29) is 5.75 Å². The maximum absolute atomic E-state index is 9.30. The second-order valence-corrected chi connectivity index (χ2v) is 5.33. The molecule has 1 aliphatic carbocycles. The standard InChI is InChI=1S/C17H19N3O2/c1-2-13-3-9-17(10-4-13)22-12-14-11-20(19-18-14)15-5-7-16(21)8-6-15/h3,5-11,13,21H,2,4,12H2,1H3. The van der Waals surface area contributed by atoms with E-state index in [9.17, 15) is 5.11 Å². The molecule has 22 heavy (non-hydrogen) atoms. The van der Waals surface area contributed by atoms with Crippen LogP contribution in [-0.4, -0.2) is 20.1 Å². The van der Waals surface area contributed by atoms with Crippen LogP contribution >= 0.6 is 0 Å². The molecule has 2 aromatic rings. The molecule has 1 aromatic carbocycles. The minimum Gasteiger partial charge on any atom is -0.508 e. The number of ether oxygens (including phenoxy) is 1. The second kappa shape index (κ2) is 6.47. The summed E-state index contributed by atoms with van der Waals surface area (Å²) in [5.41, 5.74) is 1.61. The Morgan fingerprint density at radius 1 is 1.32 bits per heavy atom. The molecule has 0 amide bonds. The van der Waals surface area contributed by atoms with E-state index >= 15 is 0 Å². The first-order chi connectivity index (χ1) is 10.7. The van der Waals surface area contributed by atoms with Gasteiger partial charge in [-0.3, -0.25) is 0 Å². The number of aromatic nitrogens is 3. The minimum absolute atomic E-state index is 0.230. The number of benzene rings is 1. The number of allylic oxidation sites excluding steroid dienone is 3. The van der Waals surface area contributed by atoms with Crippen LogP contribution in [0.15, 0.2) is 54.4 Å². The van der Waals surface area contributed by atoms with Crippen molar-refractivity contribution in [2.45, 2.75) is 26.4 Å². The van der Waals surface area contributed by atoms with Crippen molar-refractivity contribution in [2.24, 2.45) is 5.92 Å². The predicted molar refractivity (Wildman–Crippen MR) is 83.4 cm³/mol. The smallest absolute Gasteiger partial charge is 0.134 e. The van der Waals surface area contributed by atoms with Gasteiger partial charge in [0.1, 0.15) is 23.8 Å². The number of hydrogen-bond acceptors (Lipinski definition) is 4. The Labute approximate surface area is 129 Å². The topological polar surface area (TPSA) is 60.2 Å². The van der Waals surface area contributed by atoms with Gasteiger partial charge in [-0.2, -0.15) is 0 Å². The van der Waals surface area contributed by atoms with E-state index in [2.05, 4.69) is 29.4 Å². The Kier molecular flexibility index (Phi) is 4.23. The zero-order valence-electron chi connectivity index (χ0n) is 12.5. The summed E-state index contributed by atoms with van der Waals surface area (Å²) in [6, 6.07) is 6.81. The van der Waals surface area contributed by atoms with Gasteiger partial charge in [0, 0.05) is 0 Å². The first-order valence-corrected chi connectivity index (χ1v) is 7.46. The van der Waals surface area contributed by atoms with Crippen molar-refractivity contribution in [3.63, 3.8) is 0 Å². The maximum Gasteiger partial charge on any atom is 0.134 e. The second-order valence-electron chi connectivity index (χ2n) is 5.33. The molecule has 1 unspecified atom stereocenters. The van der Waals surface area contributed by atoms with Crippen molar-refractivity contribution < 1.29 is 9.84 Å². The van der Waals surface area contributed by atoms with Crippen molar-refractivity contribution in [2.75, 3.05) is 0 Å². The first kappa shape index (κ1) is 14.4. The number of hydrogen-bond donors (Lipinski definition) is 1. The molecule has 1 aromatic heterocycles. The van der Waals surface area contributed by atoms with E-state index in [4.69, 9.17) is 4.74 Å². The average molecular weight is 297 g/mol. The first-order valence-electron chi connectivity index (χ1n) is 7.46. The quantitative estimate of drug-likeness (QED) is 0.919. The summed E-state index contributed by atoms with van der Waals surface area (Å²) in [5.74, 6) is 1.75. The van der Waals surface area contributed by atoms with E-state index in [1.165, 1.54) is 0 Å².